The van der Waals surface area contributed by atoms with Gasteiger partial charge in [0.25, 0.3) is 0 Å². The van der Waals surface area contributed by atoms with E-state index >= 15 is 0 Å². The van der Waals surface area contributed by atoms with Gasteiger partial charge < -0.3 is 11.1 Å². The Kier molecular flexibility index (Phi) is 5.44. The minimum Gasteiger partial charge on any atom is -0.355 e. The third-order valence-electron chi connectivity index (χ3n) is 5.12. The van der Waals surface area contributed by atoms with Crippen LogP contribution in [0.1, 0.15) is 52.4 Å². The lowest BCUT2D eigenvalue weighted by Gasteiger charge is -2.47. The molecule has 0 heterocycles. The van der Waals surface area contributed by atoms with Crippen LogP contribution in [0.15, 0.2) is 0 Å². The maximum atomic E-state index is 12.1. The molecule has 2 saturated carbocycles. The summed E-state index contributed by atoms with van der Waals surface area (Å²) in [4.78, 5) is 14.5. The molecule has 0 spiro atoms. The summed E-state index contributed by atoms with van der Waals surface area (Å²) < 4.78 is 0. The van der Waals surface area contributed by atoms with Gasteiger partial charge in [-0.2, -0.15) is 0 Å². The van der Waals surface area contributed by atoms with Gasteiger partial charge in [-0.05, 0) is 44.1 Å². The minimum atomic E-state index is 0.0450. The van der Waals surface area contributed by atoms with Gasteiger partial charge in [-0.25, -0.2) is 0 Å². The molecule has 2 aliphatic carbocycles. The average molecular weight is 281 g/mol. The van der Waals surface area contributed by atoms with Gasteiger partial charge in [0.1, 0.15) is 0 Å². The number of hydrogen-bond donors (Lipinski definition) is 2. The molecule has 0 aromatic carbocycles. The molecule has 0 radical (unpaired) electrons. The topological polar surface area (TPSA) is 58.4 Å². The molecular weight excluding hydrogens is 250 g/mol. The number of carbonyl (C=O) groups is 1. The van der Waals surface area contributed by atoms with Gasteiger partial charge in [0.05, 0.1) is 6.54 Å². The van der Waals surface area contributed by atoms with Gasteiger partial charge >= 0.3 is 0 Å². The Hall–Kier alpha value is -0.610. The molecule has 0 aliphatic heterocycles. The van der Waals surface area contributed by atoms with E-state index in [0.717, 1.165) is 37.8 Å². The summed E-state index contributed by atoms with van der Waals surface area (Å²) in [6, 6.07) is 0. The zero-order valence-corrected chi connectivity index (χ0v) is 13.2. The molecule has 20 heavy (non-hydrogen) atoms. The fourth-order valence-electron chi connectivity index (χ4n) is 3.66. The van der Waals surface area contributed by atoms with Gasteiger partial charge in [0.2, 0.25) is 5.91 Å². The van der Waals surface area contributed by atoms with Crippen molar-refractivity contribution in [1.82, 2.24) is 10.2 Å². The smallest absolute Gasteiger partial charge is 0.234 e. The van der Waals surface area contributed by atoms with Crippen molar-refractivity contribution in [3.05, 3.63) is 0 Å². The van der Waals surface area contributed by atoms with Crippen molar-refractivity contribution in [1.29, 1.82) is 0 Å². The van der Waals surface area contributed by atoms with E-state index in [2.05, 4.69) is 24.1 Å². The Bertz CT molecular complexity index is 330. The quantitative estimate of drug-likeness (QED) is 0.747. The van der Waals surface area contributed by atoms with E-state index in [1.54, 1.807) is 0 Å². The van der Waals surface area contributed by atoms with E-state index in [1.807, 2.05) is 0 Å². The molecule has 3 N–H and O–H groups in total. The molecule has 4 nitrogen and oxygen atoms in total. The second kappa shape index (κ2) is 6.90. The molecular formula is C16H31N3O. The van der Waals surface area contributed by atoms with Crippen molar-refractivity contribution in [3.8, 4) is 0 Å². The lowest BCUT2D eigenvalue weighted by atomic mass is 9.75. The van der Waals surface area contributed by atoms with Crippen LogP contribution >= 0.6 is 0 Å². The van der Waals surface area contributed by atoms with Crippen molar-refractivity contribution in [3.63, 3.8) is 0 Å². The van der Waals surface area contributed by atoms with Gasteiger partial charge in [0, 0.05) is 18.6 Å². The van der Waals surface area contributed by atoms with Crippen molar-refractivity contribution >= 4 is 5.91 Å². The third kappa shape index (κ3) is 3.95. The zero-order chi connectivity index (χ0) is 14.6. The number of likely N-dealkylation sites (N-methyl/N-ethyl adjacent to an activating group) is 1. The number of carbonyl (C=O) groups excluding carboxylic acids is 1. The summed E-state index contributed by atoms with van der Waals surface area (Å²) in [6.07, 6.45) is 7.36. The SMILES string of the molecule is CCN(CC(=O)NCC1CC1)C1(CN)CCCC(C)C1. The highest BCUT2D eigenvalue weighted by Crippen LogP contribution is 2.36. The summed E-state index contributed by atoms with van der Waals surface area (Å²) in [5.74, 6) is 1.63. The zero-order valence-electron chi connectivity index (χ0n) is 13.2. The van der Waals surface area contributed by atoms with Crippen LogP contribution in [0.3, 0.4) is 0 Å². The molecule has 0 aromatic heterocycles. The molecule has 2 atom stereocenters. The van der Waals surface area contributed by atoms with Crippen molar-refractivity contribution in [2.75, 3.05) is 26.2 Å². The molecule has 2 rings (SSSR count). The molecule has 0 saturated heterocycles. The molecule has 2 aliphatic rings. The molecule has 2 unspecified atom stereocenters. The lowest BCUT2D eigenvalue weighted by molar-refractivity contribution is -0.124. The second-order valence-electron chi connectivity index (χ2n) is 6.89. The maximum Gasteiger partial charge on any atom is 0.234 e. The van der Waals surface area contributed by atoms with Gasteiger partial charge in [-0.3, -0.25) is 9.69 Å². The van der Waals surface area contributed by atoms with Crippen molar-refractivity contribution < 1.29 is 4.79 Å². The Morgan fingerprint density at radius 1 is 1.40 bits per heavy atom. The first-order valence-corrected chi connectivity index (χ1v) is 8.31. The Labute approximate surface area is 123 Å². The maximum absolute atomic E-state index is 12.1. The summed E-state index contributed by atoms with van der Waals surface area (Å²) >= 11 is 0. The molecule has 116 valence electrons. The first kappa shape index (κ1) is 15.8. The monoisotopic (exact) mass is 281 g/mol. The van der Waals surface area contributed by atoms with Crippen LogP contribution in [0.25, 0.3) is 0 Å². The standard InChI is InChI=1S/C16H31N3O/c1-3-19(11-15(20)18-10-14-6-7-14)16(12-17)8-4-5-13(2)9-16/h13-14H,3-12,17H2,1-2H3,(H,18,20). The van der Waals surface area contributed by atoms with E-state index in [4.69, 9.17) is 5.73 Å². The van der Waals surface area contributed by atoms with Crippen LogP contribution < -0.4 is 11.1 Å². The van der Waals surface area contributed by atoms with E-state index in [0.29, 0.717) is 13.1 Å². The summed E-state index contributed by atoms with van der Waals surface area (Å²) in [6.45, 7) is 7.40. The van der Waals surface area contributed by atoms with E-state index in [1.165, 1.54) is 25.7 Å². The van der Waals surface area contributed by atoms with Crippen LogP contribution in [0, 0.1) is 11.8 Å². The predicted molar refractivity (Wildman–Crippen MR) is 82.4 cm³/mol. The number of rotatable bonds is 7. The van der Waals surface area contributed by atoms with Crippen LogP contribution in [0.5, 0.6) is 0 Å². The highest BCUT2D eigenvalue weighted by Gasteiger charge is 2.39. The minimum absolute atomic E-state index is 0.0450. The van der Waals surface area contributed by atoms with Crippen LogP contribution in [0.4, 0.5) is 0 Å². The van der Waals surface area contributed by atoms with E-state index in [9.17, 15) is 4.79 Å². The Balaban J connectivity index is 1.91. The average Bonchev–Trinajstić information content (AvgIpc) is 3.26. The van der Waals surface area contributed by atoms with E-state index < -0.39 is 0 Å². The van der Waals surface area contributed by atoms with Crippen molar-refractivity contribution in [2.45, 2.75) is 57.9 Å². The largest absolute Gasteiger partial charge is 0.355 e. The van der Waals surface area contributed by atoms with E-state index in [-0.39, 0.29) is 11.4 Å². The second-order valence-corrected chi connectivity index (χ2v) is 6.89. The normalized spacial score (nSPS) is 30.5. The van der Waals surface area contributed by atoms with Crippen LogP contribution in [0.2, 0.25) is 0 Å². The molecule has 1 amide bonds. The highest BCUT2D eigenvalue weighted by molar-refractivity contribution is 5.78. The fraction of sp³-hybridized carbons (Fsp3) is 0.938. The Morgan fingerprint density at radius 3 is 2.70 bits per heavy atom. The first-order valence-electron chi connectivity index (χ1n) is 8.31. The summed E-state index contributed by atoms with van der Waals surface area (Å²) in [5.41, 5.74) is 6.16. The molecule has 0 aromatic rings. The number of hydrogen-bond acceptors (Lipinski definition) is 3. The third-order valence-corrected chi connectivity index (χ3v) is 5.12. The number of nitrogens with two attached hydrogens (primary N) is 1. The predicted octanol–water partition coefficient (Wildman–Crippen LogP) is 1.74. The summed E-state index contributed by atoms with van der Waals surface area (Å²) in [7, 11) is 0. The Morgan fingerprint density at radius 2 is 2.15 bits per heavy atom. The number of amides is 1. The summed E-state index contributed by atoms with van der Waals surface area (Å²) in [5, 5.41) is 3.08. The molecule has 0 bridgehead atoms. The van der Waals surface area contributed by atoms with Crippen LogP contribution in [-0.2, 0) is 4.79 Å². The lowest BCUT2D eigenvalue weighted by Crippen LogP contribution is -2.58. The van der Waals surface area contributed by atoms with Gasteiger partial charge in [-0.1, -0.05) is 26.7 Å². The fourth-order valence-corrected chi connectivity index (χ4v) is 3.66. The number of nitrogens with zero attached hydrogens (tertiary/aromatic N) is 1. The number of nitrogens with one attached hydrogen (secondary N) is 1. The molecule has 4 heteroatoms. The van der Waals surface area contributed by atoms with Crippen molar-refractivity contribution in [2.24, 2.45) is 17.6 Å². The molecule has 2 fully saturated rings. The van der Waals surface area contributed by atoms with Crippen LogP contribution in [-0.4, -0.2) is 42.5 Å². The highest BCUT2D eigenvalue weighted by atomic mass is 16.2. The first-order chi connectivity index (χ1) is 9.59. The van der Waals surface area contributed by atoms with Gasteiger partial charge in [0.15, 0.2) is 0 Å². The van der Waals surface area contributed by atoms with Gasteiger partial charge in [-0.15, -0.1) is 0 Å².